The van der Waals surface area contributed by atoms with E-state index in [2.05, 4.69) is 16.0 Å². The normalized spacial score (nSPS) is 23.1. The molecule has 3 N–H and O–H groups in total. The minimum Gasteiger partial charge on any atom is -0.459 e. The van der Waals surface area contributed by atoms with Crippen molar-refractivity contribution in [1.82, 2.24) is 30.7 Å². The van der Waals surface area contributed by atoms with E-state index in [1.54, 1.807) is 37.3 Å². The molecule has 5 atom stereocenters. The van der Waals surface area contributed by atoms with E-state index in [4.69, 9.17) is 14.2 Å². The average molecular weight is 783 g/mol. The third kappa shape index (κ3) is 7.48. The fourth-order valence-electron chi connectivity index (χ4n) is 6.51. The summed E-state index contributed by atoms with van der Waals surface area (Å²) in [6.45, 7) is 6.47. The van der Waals surface area contributed by atoms with Crippen LogP contribution in [0.5, 0.6) is 11.5 Å². The summed E-state index contributed by atoms with van der Waals surface area (Å²) in [4.78, 5) is 119. The second-order valence-electron chi connectivity index (χ2n) is 13.1. The summed E-state index contributed by atoms with van der Waals surface area (Å²) in [5.41, 5.74) is -1.94. The average Bonchev–Trinajstić information content (AvgIpc) is 3.33. The van der Waals surface area contributed by atoms with Crippen LogP contribution in [0.3, 0.4) is 0 Å². The van der Waals surface area contributed by atoms with E-state index in [9.17, 15) is 47.4 Å². The van der Waals surface area contributed by atoms with Gasteiger partial charge in [0.05, 0.1) is 15.5 Å². The second-order valence-corrected chi connectivity index (χ2v) is 15.2. The first-order chi connectivity index (χ1) is 26.0. The Morgan fingerprint density at radius 2 is 1.60 bits per heavy atom. The van der Waals surface area contributed by atoms with Gasteiger partial charge in [0.1, 0.15) is 18.7 Å². The molecule has 0 radical (unpaired) electrons. The Morgan fingerprint density at radius 3 is 2.22 bits per heavy atom. The van der Waals surface area contributed by atoms with Crippen molar-refractivity contribution in [1.29, 1.82) is 0 Å². The molecule has 20 heteroatoms. The zero-order valence-corrected chi connectivity index (χ0v) is 31.1. The fraction of sp³-hybridized carbons (Fsp3) is 0.400. The molecule has 7 amide bonds. The maximum absolute atomic E-state index is 14.3. The number of nitrogens with zero attached hydrogens (tertiary/aromatic N) is 3. The number of hydrogen-bond acceptors (Lipinski definition) is 13. The zero-order valence-electron chi connectivity index (χ0n) is 30.3. The third-order valence-corrected chi connectivity index (χ3v) is 11.4. The Morgan fingerprint density at radius 1 is 0.945 bits per heavy atom. The number of carbonyl (C=O) groups excluding carboxylic acids is 9. The van der Waals surface area contributed by atoms with Crippen molar-refractivity contribution in [3.63, 3.8) is 0 Å². The molecule has 0 spiro atoms. The summed E-state index contributed by atoms with van der Waals surface area (Å²) in [5.74, 6) is -7.55. The zero-order chi connectivity index (χ0) is 40.4. The largest absolute Gasteiger partial charge is 0.459 e. The highest BCUT2D eigenvalue weighted by Gasteiger charge is 2.76. The summed E-state index contributed by atoms with van der Waals surface area (Å²) < 4.78 is 28.4. The maximum atomic E-state index is 14.3. The Balaban J connectivity index is 1.50. The van der Waals surface area contributed by atoms with Gasteiger partial charge in [-0.3, -0.25) is 42.7 Å². The van der Waals surface area contributed by atoms with Gasteiger partial charge in [0.15, 0.2) is 16.9 Å². The molecule has 19 nitrogen and oxygen atoms in total. The summed E-state index contributed by atoms with van der Waals surface area (Å²) in [6.07, 6.45) is 0.0819. The Labute approximate surface area is 316 Å². The van der Waals surface area contributed by atoms with E-state index in [-0.39, 0.29) is 49.7 Å². The lowest BCUT2D eigenvalue weighted by Crippen LogP contribution is -2.86. The summed E-state index contributed by atoms with van der Waals surface area (Å²) in [6, 6.07) is 7.57. The lowest BCUT2D eigenvalue weighted by atomic mass is 9.90. The summed E-state index contributed by atoms with van der Waals surface area (Å²) in [7, 11) is -2.15. The van der Waals surface area contributed by atoms with Crippen molar-refractivity contribution in [3.8, 4) is 11.5 Å². The van der Waals surface area contributed by atoms with Gasteiger partial charge >= 0.3 is 35.8 Å². The van der Waals surface area contributed by atoms with Gasteiger partial charge in [-0.05, 0) is 44.0 Å². The van der Waals surface area contributed by atoms with Crippen molar-refractivity contribution < 1.29 is 61.6 Å². The Kier molecular flexibility index (Phi) is 11.4. The summed E-state index contributed by atoms with van der Waals surface area (Å²) in [5, 5.41) is 5.46. The lowest BCUT2D eigenvalue weighted by Gasteiger charge is -2.52. The number of carbonyl (C=O) groups is 9. The van der Waals surface area contributed by atoms with Crippen LogP contribution in [0.1, 0.15) is 51.8 Å². The number of hydrogen-bond donors (Lipinski definition) is 3. The molecule has 292 valence electrons. The topological polar surface area (TPSA) is 244 Å². The second kappa shape index (κ2) is 15.7. The molecule has 0 saturated carbocycles. The first-order valence-electron chi connectivity index (χ1n) is 16.9. The Bertz CT molecular complexity index is 1990. The SMILES string of the molecule is CCN1CCN(C(=O)NC(C(=O)N[C@]2(NC=O)C(=O)N3[C@@H](C(=O)OCc4ccccc4)C(C)(C)S(=O)[C@@H]32)c2ccc(OC(C)=O)c(OC(C)=O)c2)C(=O)C1=O. The number of nitrogens with one attached hydrogen (secondary N) is 3. The minimum absolute atomic E-state index is 0.00598. The quantitative estimate of drug-likeness (QED) is 0.0607. The van der Waals surface area contributed by atoms with Gasteiger partial charge in [-0.25, -0.2) is 9.59 Å². The first kappa shape index (κ1) is 40.0. The molecule has 0 aliphatic carbocycles. The van der Waals surface area contributed by atoms with E-state index >= 15 is 0 Å². The van der Waals surface area contributed by atoms with Crippen LogP contribution in [0.4, 0.5) is 4.79 Å². The fourth-order valence-corrected chi connectivity index (χ4v) is 8.48. The number of piperazine rings is 1. The maximum Gasteiger partial charge on any atom is 0.330 e. The predicted molar refractivity (Wildman–Crippen MR) is 187 cm³/mol. The molecule has 0 bridgehead atoms. The number of amides is 7. The van der Waals surface area contributed by atoms with Gasteiger partial charge in [0.2, 0.25) is 18.0 Å². The van der Waals surface area contributed by atoms with Crippen molar-refractivity contribution >= 4 is 64.8 Å². The van der Waals surface area contributed by atoms with Crippen molar-refractivity contribution in [2.24, 2.45) is 0 Å². The van der Waals surface area contributed by atoms with Crippen LogP contribution < -0.4 is 25.4 Å². The highest BCUT2D eigenvalue weighted by Crippen LogP contribution is 2.48. The molecule has 3 aliphatic rings. The van der Waals surface area contributed by atoms with Gasteiger partial charge in [-0.2, -0.15) is 0 Å². The highest BCUT2D eigenvalue weighted by atomic mass is 32.2. The molecule has 0 aromatic heterocycles. The van der Waals surface area contributed by atoms with Gasteiger partial charge in [0.25, 0.3) is 5.91 Å². The number of esters is 3. The van der Waals surface area contributed by atoms with Crippen LogP contribution in [0.2, 0.25) is 0 Å². The van der Waals surface area contributed by atoms with Crippen molar-refractivity contribution in [2.45, 2.75) is 69.1 Å². The van der Waals surface area contributed by atoms with Crippen LogP contribution in [-0.4, -0.2) is 114 Å². The van der Waals surface area contributed by atoms with E-state index in [0.29, 0.717) is 10.5 Å². The van der Waals surface area contributed by atoms with Crippen LogP contribution >= 0.6 is 0 Å². The molecule has 2 aromatic carbocycles. The molecule has 3 aliphatic heterocycles. The standard InChI is InChI=1S/C35H38N6O13S/c1-6-39-14-15-40(29(47)28(39)46)33(50)37-25(22-12-13-23(53-19(2)43)24(16-22)54-20(3)44)27(45)38-35(36-18-42)31(49)41-26(34(4,5)55(51)32(35)41)30(48)52-17-21-10-8-7-9-11-21/h7-13,16,18,25-26,32H,6,14-15,17H2,1-5H3,(H,36,42)(H,37,50)(H,38,45)/t25?,26-,32+,35+,55?/m0/s1. The molecule has 2 unspecified atom stereocenters. The van der Waals surface area contributed by atoms with Crippen LogP contribution in [-0.2, 0) is 60.5 Å². The lowest BCUT2D eigenvalue weighted by molar-refractivity contribution is -0.174. The predicted octanol–water partition coefficient (Wildman–Crippen LogP) is -0.642. The highest BCUT2D eigenvalue weighted by molar-refractivity contribution is 7.87. The number of urea groups is 1. The van der Waals surface area contributed by atoms with Gasteiger partial charge in [-0.15, -0.1) is 0 Å². The molecule has 3 fully saturated rings. The first-order valence-corrected chi connectivity index (χ1v) is 18.1. The van der Waals surface area contributed by atoms with Crippen molar-refractivity contribution in [2.75, 3.05) is 19.6 Å². The number of rotatable bonds is 12. The smallest absolute Gasteiger partial charge is 0.330 e. The Hall–Kier alpha value is -6.18. The molecule has 55 heavy (non-hydrogen) atoms. The van der Waals surface area contributed by atoms with E-state index in [1.165, 1.54) is 24.8 Å². The monoisotopic (exact) mass is 782 g/mol. The number of benzene rings is 2. The molecule has 5 rings (SSSR count). The molecule has 3 saturated heterocycles. The van der Waals surface area contributed by atoms with E-state index in [0.717, 1.165) is 30.9 Å². The van der Waals surface area contributed by atoms with Crippen LogP contribution in [0.15, 0.2) is 48.5 Å². The minimum atomic E-state index is -2.42. The van der Waals surface area contributed by atoms with Gasteiger partial charge < -0.3 is 40.0 Å². The third-order valence-electron chi connectivity index (χ3n) is 9.18. The van der Waals surface area contributed by atoms with Gasteiger partial charge in [-0.1, -0.05) is 36.4 Å². The van der Waals surface area contributed by atoms with Crippen molar-refractivity contribution in [3.05, 3.63) is 59.7 Å². The van der Waals surface area contributed by atoms with E-state index < -0.39 is 86.2 Å². The summed E-state index contributed by atoms with van der Waals surface area (Å²) >= 11 is 0. The van der Waals surface area contributed by atoms with Crippen LogP contribution in [0, 0.1) is 0 Å². The number of imide groups is 1. The molecule has 3 heterocycles. The van der Waals surface area contributed by atoms with E-state index in [1.807, 2.05) is 0 Å². The number of β-lactam (4-membered cyclic amide) rings is 1. The number of ether oxygens (including phenoxy) is 3. The number of likely N-dealkylation sites (N-methyl/N-ethyl adjacent to an activating group) is 1. The molecular weight excluding hydrogens is 744 g/mol. The van der Waals surface area contributed by atoms with Crippen LogP contribution in [0.25, 0.3) is 0 Å². The van der Waals surface area contributed by atoms with Gasteiger partial charge in [0, 0.05) is 33.5 Å². The molecule has 2 aromatic rings. The molecular formula is C35H38N6O13S. The number of fused-ring (bicyclic) bond motifs is 1.